The summed E-state index contributed by atoms with van der Waals surface area (Å²) in [6, 6.07) is 0.0531. The highest BCUT2D eigenvalue weighted by molar-refractivity contribution is 5.79. The Bertz CT molecular complexity index is 344. The van der Waals surface area contributed by atoms with Gasteiger partial charge in [0, 0.05) is 18.4 Å². The summed E-state index contributed by atoms with van der Waals surface area (Å²) in [6.07, 6.45) is 12.4. The van der Waals surface area contributed by atoms with Crippen LogP contribution in [0.3, 0.4) is 0 Å². The number of carbonyl (C=O) groups excluding carboxylic acids is 1. The number of nitrogens with one attached hydrogen (secondary N) is 1. The van der Waals surface area contributed by atoms with Gasteiger partial charge >= 0.3 is 5.97 Å². The highest BCUT2D eigenvalue weighted by Crippen LogP contribution is 2.29. The van der Waals surface area contributed by atoms with E-state index in [9.17, 15) is 9.59 Å². The number of carboxylic acid groups (broad SMARTS) is 1. The molecule has 2 aliphatic carbocycles. The standard InChI is InChI=1S/C17H29NO3/c19-16(20)11-10-15(12-13-6-2-1-3-7-13)18-17(21)14-8-4-5-9-14/h13-15H,1-12H2,(H,18,21)(H,19,20). The first-order chi connectivity index (χ1) is 10.1. The Hall–Kier alpha value is -1.06. The summed E-state index contributed by atoms with van der Waals surface area (Å²) in [5.41, 5.74) is 0. The van der Waals surface area contributed by atoms with Crippen molar-refractivity contribution in [2.24, 2.45) is 11.8 Å². The van der Waals surface area contributed by atoms with Crippen LogP contribution in [0.15, 0.2) is 0 Å². The fourth-order valence-electron chi connectivity index (χ4n) is 3.88. The van der Waals surface area contributed by atoms with E-state index in [2.05, 4.69) is 5.32 Å². The maximum atomic E-state index is 12.3. The third-order valence-corrected chi connectivity index (χ3v) is 5.12. The average Bonchev–Trinajstić information content (AvgIpc) is 3.00. The zero-order valence-electron chi connectivity index (χ0n) is 13.0. The lowest BCUT2D eigenvalue weighted by molar-refractivity contribution is -0.137. The molecule has 0 aliphatic heterocycles. The van der Waals surface area contributed by atoms with Crippen LogP contribution in [-0.2, 0) is 9.59 Å². The van der Waals surface area contributed by atoms with Crippen molar-refractivity contribution in [2.45, 2.75) is 83.1 Å². The molecule has 0 radical (unpaired) electrons. The lowest BCUT2D eigenvalue weighted by Crippen LogP contribution is -2.40. The molecule has 120 valence electrons. The van der Waals surface area contributed by atoms with E-state index in [1.807, 2.05) is 0 Å². The first kappa shape index (κ1) is 16.3. The molecule has 1 amide bonds. The van der Waals surface area contributed by atoms with Crippen LogP contribution in [0.4, 0.5) is 0 Å². The molecule has 0 aromatic rings. The van der Waals surface area contributed by atoms with E-state index in [1.54, 1.807) is 0 Å². The van der Waals surface area contributed by atoms with E-state index in [1.165, 1.54) is 32.1 Å². The minimum Gasteiger partial charge on any atom is -0.481 e. The number of hydrogen-bond donors (Lipinski definition) is 2. The van der Waals surface area contributed by atoms with Crippen molar-refractivity contribution in [3.8, 4) is 0 Å². The number of amides is 1. The monoisotopic (exact) mass is 295 g/mol. The fourth-order valence-corrected chi connectivity index (χ4v) is 3.88. The van der Waals surface area contributed by atoms with Crippen molar-refractivity contribution in [1.82, 2.24) is 5.32 Å². The quantitative estimate of drug-likeness (QED) is 0.755. The summed E-state index contributed by atoms with van der Waals surface area (Å²) in [4.78, 5) is 23.1. The summed E-state index contributed by atoms with van der Waals surface area (Å²) >= 11 is 0. The van der Waals surface area contributed by atoms with E-state index in [0.29, 0.717) is 12.3 Å². The number of carbonyl (C=O) groups is 2. The SMILES string of the molecule is O=C(O)CCC(CC1CCCCC1)NC(=O)C1CCCC1. The van der Waals surface area contributed by atoms with Gasteiger partial charge in [0.1, 0.15) is 0 Å². The van der Waals surface area contributed by atoms with Gasteiger partial charge in [-0.3, -0.25) is 9.59 Å². The van der Waals surface area contributed by atoms with E-state index in [4.69, 9.17) is 5.11 Å². The molecular weight excluding hydrogens is 266 g/mol. The van der Waals surface area contributed by atoms with Crippen LogP contribution in [-0.4, -0.2) is 23.0 Å². The van der Waals surface area contributed by atoms with Gasteiger partial charge in [-0.1, -0.05) is 44.9 Å². The normalized spacial score (nSPS) is 22.1. The number of rotatable bonds is 7. The summed E-state index contributed by atoms with van der Waals surface area (Å²) in [6.45, 7) is 0. The Balaban J connectivity index is 1.83. The molecule has 2 N–H and O–H groups in total. The third kappa shape index (κ3) is 5.68. The van der Waals surface area contributed by atoms with Crippen LogP contribution >= 0.6 is 0 Å². The molecule has 2 rings (SSSR count). The molecule has 0 heterocycles. The van der Waals surface area contributed by atoms with Crippen LogP contribution in [0.5, 0.6) is 0 Å². The first-order valence-electron chi connectivity index (χ1n) is 8.67. The van der Waals surface area contributed by atoms with Gasteiger partial charge in [0.25, 0.3) is 0 Å². The molecule has 21 heavy (non-hydrogen) atoms. The summed E-state index contributed by atoms with van der Waals surface area (Å²) in [5.74, 6) is 0.238. The van der Waals surface area contributed by atoms with Gasteiger partial charge < -0.3 is 10.4 Å². The molecule has 2 aliphatic rings. The molecule has 0 aromatic heterocycles. The molecule has 4 heteroatoms. The van der Waals surface area contributed by atoms with E-state index < -0.39 is 5.97 Å². The molecular formula is C17H29NO3. The van der Waals surface area contributed by atoms with Gasteiger partial charge in [0.15, 0.2) is 0 Å². The molecule has 0 aromatic carbocycles. The van der Waals surface area contributed by atoms with Crippen molar-refractivity contribution < 1.29 is 14.7 Å². The van der Waals surface area contributed by atoms with Gasteiger partial charge in [0.05, 0.1) is 0 Å². The first-order valence-corrected chi connectivity index (χ1v) is 8.67. The third-order valence-electron chi connectivity index (χ3n) is 5.12. The van der Waals surface area contributed by atoms with Crippen molar-refractivity contribution >= 4 is 11.9 Å². The highest BCUT2D eigenvalue weighted by atomic mass is 16.4. The largest absolute Gasteiger partial charge is 0.481 e. The molecule has 2 saturated carbocycles. The highest BCUT2D eigenvalue weighted by Gasteiger charge is 2.26. The van der Waals surface area contributed by atoms with Gasteiger partial charge in [-0.25, -0.2) is 0 Å². The number of carboxylic acids is 1. The Morgan fingerprint density at radius 1 is 1.00 bits per heavy atom. The summed E-state index contributed by atoms with van der Waals surface area (Å²) < 4.78 is 0. The predicted octanol–water partition coefficient (Wildman–Crippen LogP) is 3.50. The van der Waals surface area contributed by atoms with E-state index >= 15 is 0 Å². The lowest BCUT2D eigenvalue weighted by atomic mass is 9.84. The molecule has 1 unspecified atom stereocenters. The Kier molecular flexibility index (Phi) is 6.52. The van der Waals surface area contributed by atoms with E-state index in [-0.39, 0.29) is 24.3 Å². The van der Waals surface area contributed by atoms with Gasteiger partial charge in [-0.05, 0) is 31.6 Å². The van der Waals surface area contributed by atoms with Crippen molar-refractivity contribution in [1.29, 1.82) is 0 Å². The van der Waals surface area contributed by atoms with Gasteiger partial charge in [-0.2, -0.15) is 0 Å². The minimum absolute atomic E-state index is 0.0531. The Morgan fingerprint density at radius 3 is 2.24 bits per heavy atom. The molecule has 2 fully saturated rings. The second-order valence-electron chi connectivity index (χ2n) is 6.86. The maximum absolute atomic E-state index is 12.3. The van der Waals surface area contributed by atoms with Crippen molar-refractivity contribution in [3.63, 3.8) is 0 Å². The minimum atomic E-state index is -0.765. The van der Waals surface area contributed by atoms with Crippen LogP contribution in [0.1, 0.15) is 77.0 Å². The summed E-state index contributed by atoms with van der Waals surface area (Å²) in [5, 5.41) is 12.1. The average molecular weight is 295 g/mol. The van der Waals surface area contributed by atoms with Crippen LogP contribution in [0.2, 0.25) is 0 Å². The molecule has 0 spiro atoms. The van der Waals surface area contributed by atoms with Crippen LogP contribution in [0, 0.1) is 11.8 Å². The van der Waals surface area contributed by atoms with E-state index in [0.717, 1.165) is 32.1 Å². The number of aliphatic carboxylic acids is 1. The van der Waals surface area contributed by atoms with Crippen molar-refractivity contribution in [2.75, 3.05) is 0 Å². The predicted molar refractivity (Wildman–Crippen MR) is 82.0 cm³/mol. The van der Waals surface area contributed by atoms with Gasteiger partial charge in [0.2, 0.25) is 5.91 Å². The second-order valence-corrected chi connectivity index (χ2v) is 6.86. The second kappa shape index (κ2) is 8.40. The topological polar surface area (TPSA) is 66.4 Å². The zero-order valence-corrected chi connectivity index (χ0v) is 13.0. The maximum Gasteiger partial charge on any atom is 0.303 e. The smallest absolute Gasteiger partial charge is 0.303 e. The Labute approximate surface area is 127 Å². The molecule has 4 nitrogen and oxygen atoms in total. The van der Waals surface area contributed by atoms with Gasteiger partial charge in [-0.15, -0.1) is 0 Å². The number of hydrogen-bond acceptors (Lipinski definition) is 2. The summed E-state index contributed by atoms with van der Waals surface area (Å²) in [7, 11) is 0. The molecule has 0 bridgehead atoms. The van der Waals surface area contributed by atoms with Crippen molar-refractivity contribution in [3.05, 3.63) is 0 Å². The Morgan fingerprint density at radius 2 is 1.62 bits per heavy atom. The fraction of sp³-hybridized carbons (Fsp3) is 0.882. The lowest BCUT2D eigenvalue weighted by Gasteiger charge is -2.27. The van der Waals surface area contributed by atoms with Crippen LogP contribution in [0.25, 0.3) is 0 Å². The molecule has 0 saturated heterocycles. The van der Waals surface area contributed by atoms with Crippen LogP contribution < -0.4 is 5.32 Å². The molecule has 1 atom stereocenters. The zero-order chi connectivity index (χ0) is 15.1.